The third-order valence-electron chi connectivity index (χ3n) is 5.94. The van der Waals surface area contributed by atoms with Crippen LogP contribution in [0.1, 0.15) is 66.2 Å². The van der Waals surface area contributed by atoms with Crippen LogP contribution >= 0.6 is 0 Å². The van der Waals surface area contributed by atoms with E-state index in [1.54, 1.807) is 32.1 Å². The summed E-state index contributed by atoms with van der Waals surface area (Å²) in [5.41, 5.74) is 1.95. The molecule has 0 saturated heterocycles. The monoisotopic (exact) mass is 206 g/mol. The fourth-order valence-corrected chi connectivity index (χ4v) is 5.60. The summed E-state index contributed by atoms with van der Waals surface area (Å²) >= 11 is 0. The fourth-order valence-electron chi connectivity index (χ4n) is 5.60. The van der Waals surface area contributed by atoms with Crippen LogP contribution in [0.25, 0.3) is 0 Å². The van der Waals surface area contributed by atoms with Crippen LogP contribution in [-0.4, -0.2) is 0 Å². The van der Waals surface area contributed by atoms with Crippen LogP contribution in [0, 0.1) is 28.1 Å². The zero-order valence-corrected chi connectivity index (χ0v) is 10.9. The van der Waals surface area contributed by atoms with E-state index in [-0.39, 0.29) is 0 Å². The Labute approximate surface area is 94.8 Å². The van der Waals surface area contributed by atoms with Crippen LogP contribution in [-0.2, 0) is 0 Å². The molecule has 15 heavy (non-hydrogen) atoms. The molecule has 0 aliphatic heterocycles. The van der Waals surface area contributed by atoms with Crippen LogP contribution in [0.2, 0.25) is 0 Å². The van der Waals surface area contributed by atoms with Crippen molar-refractivity contribution < 1.29 is 0 Å². The number of rotatable bonds is 0. The molecule has 0 N–H and O–H groups in total. The van der Waals surface area contributed by atoms with Crippen molar-refractivity contribution in [3.05, 3.63) is 0 Å². The van der Waals surface area contributed by atoms with Gasteiger partial charge in [0.2, 0.25) is 0 Å². The smallest absolute Gasteiger partial charge is 0.0238 e. The second-order valence-corrected chi connectivity index (χ2v) is 8.30. The van der Waals surface area contributed by atoms with E-state index in [1.165, 1.54) is 6.42 Å². The molecule has 0 heterocycles. The van der Waals surface area contributed by atoms with Crippen LogP contribution in [0.15, 0.2) is 0 Å². The summed E-state index contributed by atoms with van der Waals surface area (Å²) in [4.78, 5) is 0. The zero-order chi connectivity index (χ0) is 10.9. The lowest BCUT2D eigenvalue weighted by molar-refractivity contribution is -0.150. The van der Waals surface area contributed by atoms with Gasteiger partial charge in [-0.25, -0.2) is 0 Å². The van der Waals surface area contributed by atoms with Crippen molar-refractivity contribution >= 4 is 0 Å². The minimum atomic E-state index is 0.534. The van der Waals surface area contributed by atoms with Crippen molar-refractivity contribution in [2.75, 3.05) is 0 Å². The molecule has 0 amide bonds. The Hall–Kier alpha value is 0. The molecule has 4 fully saturated rings. The quantitative estimate of drug-likeness (QED) is 0.541. The molecule has 86 valence electrons. The highest BCUT2D eigenvalue weighted by Gasteiger charge is 2.59. The van der Waals surface area contributed by atoms with Gasteiger partial charge in [-0.05, 0) is 66.6 Å². The van der Waals surface area contributed by atoms with Crippen molar-refractivity contribution in [2.45, 2.75) is 66.2 Å². The Balaban J connectivity index is 2.00. The minimum absolute atomic E-state index is 0.534. The summed E-state index contributed by atoms with van der Waals surface area (Å²) in [7, 11) is 0. The van der Waals surface area contributed by atoms with Crippen LogP contribution in [0.5, 0.6) is 0 Å². The molecular formula is C15H26. The Morgan fingerprint density at radius 2 is 1.47 bits per heavy atom. The molecule has 4 aliphatic rings. The predicted octanol–water partition coefficient (Wildman–Crippen LogP) is 4.64. The summed E-state index contributed by atoms with van der Waals surface area (Å²) in [6.07, 6.45) is 9.26. The summed E-state index contributed by atoms with van der Waals surface area (Å²) in [6, 6.07) is 0. The normalized spacial score (nSPS) is 53.6. The van der Waals surface area contributed by atoms with E-state index in [4.69, 9.17) is 0 Å². The summed E-state index contributed by atoms with van der Waals surface area (Å²) in [5.74, 6) is 2.16. The van der Waals surface area contributed by atoms with Crippen LogP contribution < -0.4 is 0 Å². The molecule has 0 aromatic rings. The lowest BCUT2D eigenvalue weighted by Crippen LogP contribution is -2.55. The average Bonchev–Trinajstić information content (AvgIpc) is 1.95. The summed E-state index contributed by atoms with van der Waals surface area (Å²) < 4.78 is 0. The Bertz CT molecular complexity index is 267. The molecule has 0 aromatic carbocycles. The number of hydrogen-bond donors (Lipinski definition) is 0. The van der Waals surface area contributed by atoms with Gasteiger partial charge in [0.05, 0.1) is 0 Å². The second kappa shape index (κ2) is 2.63. The van der Waals surface area contributed by atoms with Gasteiger partial charge in [-0.2, -0.15) is 0 Å². The van der Waals surface area contributed by atoms with Gasteiger partial charge in [0.15, 0.2) is 0 Å². The van der Waals surface area contributed by atoms with Crippen LogP contribution in [0.3, 0.4) is 0 Å². The van der Waals surface area contributed by atoms with E-state index in [9.17, 15) is 0 Å². The van der Waals surface area contributed by atoms with E-state index in [0.717, 1.165) is 17.3 Å². The van der Waals surface area contributed by atoms with Crippen molar-refractivity contribution in [2.24, 2.45) is 28.1 Å². The second-order valence-electron chi connectivity index (χ2n) is 8.30. The van der Waals surface area contributed by atoms with Crippen molar-refractivity contribution in [3.63, 3.8) is 0 Å². The van der Waals surface area contributed by atoms with E-state index in [0.29, 0.717) is 10.8 Å². The summed E-state index contributed by atoms with van der Waals surface area (Å²) in [5, 5.41) is 0. The molecule has 4 rings (SSSR count). The van der Waals surface area contributed by atoms with Crippen molar-refractivity contribution in [1.29, 1.82) is 0 Å². The molecule has 4 bridgehead atoms. The molecule has 0 aromatic heterocycles. The molecule has 2 unspecified atom stereocenters. The zero-order valence-electron chi connectivity index (χ0n) is 10.9. The molecule has 0 heteroatoms. The first-order valence-corrected chi connectivity index (χ1v) is 6.82. The summed E-state index contributed by atoms with van der Waals surface area (Å²) in [6.45, 7) is 10.0. The molecule has 0 radical (unpaired) electrons. The highest BCUT2D eigenvalue weighted by Crippen LogP contribution is 2.69. The molecule has 4 aliphatic carbocycles. The first kappa shape index (κ1) is 10.2. The molecule has 0 spiro atoms. The van der Waals surface area contributed by atoms with E-state index in [2.05, 4.69) is 27.7 Å². The van der Waals surface area contributed by atoms with E-state index < -0.39 is 0 Å². The fraction of sp³-hybridized carbons (Fsp3) is 1.00. The standard InChI is InChI=1S/C15H26/c1-13(2,3)15-8-11-5-12(9-15)7-14(4,6-11)10-15/h11-12H,5-10H2,1-4H3. The van der Waals surface area contributed by atoms with Gasteiger partial charge in [0.1, 0.15) is 0 Å². The predicted molar refractivity (Wildman–Crippen MR) is 64.7 cm³/mol. The van der Waals surface area contributed by atoms with Gasteiger partial charge in [0, 0.05) is 0 Å². The molecule has 0 nitrogen and oxygen atoms in total. The van der Waals surface area contributed by atoms with Gasteiger partial charge in [-0.3, -0.25) is 0 Å². The van der Waals surface area contributed by atoms with Crippen LogP contribution in [0.4, 0.5) is 0 Å². The van der Waals surface area contributed by atoms with Crippen molar-refractivity contribution in [1.82, 2.24) is 0 Å². The average molecular weight is 206 g/mol. The molecular weight excluding hydrogens is 180 g/mol. The Morgan fingerprint density at radius 1 is 0.933 bits per heavy atom. The number of hydrogen-bond acceptors (Lipinski definition) is 0. The lowest BCUT2D eigenvalue weighted by atomic mass is 9.40. The SMILES string of the molecule is CC12CC3CC(C1)CC(C(C)(C)C)(C3)C2. The Morgan fingerprint density at radius 3 is 1.87 bits per heavy atom. The minimum Gasteiger partial charge on any atom is -0.0596 e. The lowest BCUT2D eigenvalue weighted by Gasteiger charge is -2.65. The van der Waals surface area contributed by atoms with Gasteiger partial charge in [0.25, 0.3) is 0 Å². The van der Waals surface area contributed by atoms with Gasteiger partial charge in [-0.1, -0.05) is 27.7 Å². The highest BCUT2D eigenvalue weighted by molar-refractivity contribution is 5.09. The first-order valence-electron chi connectivity index (χ1n) is 6.82. The van der Waals surface area contributed by atoms with Crippen molar-refractivity contribution in [3.8, 4) is 0 Å². The van der Waals surface area contributed by atoms with Gasteiger partial charge in [-0.15, -0.1) is 0 Å². The maximum atomic E-state index is 2.57. The third-order valence-corrected chi connectivity index (χ3v) is 5.94. The van der Waals surface area contributed by atoms with Gasteiger partial charge >= 0.3 is 0 Å². The molecule has 2 atom stereocenters. The molecule has 4 saturated carbocycles. The maximum absolute atomic E-state index is 2.57. The maximum Gasteiger partial charge on any atom is -0.0238 e. The largest absolute Gasteiger partial charge is 0.0596 e. The van der Waals surface area contributed by atoms with E-state index >= 15 is 0 Å². The van der Waals surface area contributed by atoms with E-state index in [1.807, 2.05) is 0 Å². The Kier molecular flexibility index (Phi) is 1.78. The third kappa shape index (κ3) is 1.33. The topological polar surface area (TPSA) is 0 Å². The first-order chi connectivity index (χ1) is 6.82. The van der Waals surface area contributed by atoms with Gasteiger partial charge < -0.3 is 0 Å². The highest BCUT2D eigenvalue weighted by atomic mass is 14.6.